The molecular weight excluding hydrogens is 292 g/mol. The van der Waals surface area contributed by atoms with Crippen molar-refractivity contribution in [3.63, 3.8) is 0 Å². The Balaban J connectivity index is 2.82. The molecule has 0 spiro atoms. The fourth-order valence-corrected chi connectivity index (χ4v) is 2.34. The lowest BCUT2D eigenvalue weighted by Gasteiger charge is -2.15. The van der Waals surface area contributed by atoms with Crippen LogP contribution in [0.25, 0.3) is 10.8 Å². The van der Waals surface area contributed by atoms with Crippen molar-refractivity contribution in [2.45, 2.75) is 6.54 Å². The number of pyridine rings is 1. The molecule has 0 aliphatic rings. The topological polar surface area (TPSA) is 75.7 Å². The lowest BCUT2D eigenvalue weighted by Crippen LogP contribution is -2.26. The van der Waals surface area contributed by atoms with Crippen LogP contribution in [0.4, 0.5) is 0 Å². The highest BCUT2D eigenvalue weighted by Crippen LogP contribution is 2.42. The minimum atomic E-state index is -0.223. The molecule has 2 aromatic rings. The van der Waals surface area contributed by atoms with E-state index >= 15 is 0 Å². The first-order chi connectivity index (χ1) is 10.0. The van der Waals surface area contributed by atoms with Gasteiger partial charge in [0.15, 0.2) is 11.5 Å². The van der Waals surface area contributed by atoms with Crippen molar-refractivity contribution in [1.29, 1.82) is 0 Å². The van der Waals surface area contributed by atoms with Crippen molar-refractivity contribution < 1.29 is 14.2 Å². The van der Waals surface area contributed by atoms with Gasteiger partial charge in [-0.25, -0.2) is 0 Å². The normalized spacial score (nSPS) is 10.4. The summed E-state index contributed by atoms with van der Waals surface area (Å²) in [5, 5.41) is 1.09. The SMILES string of the molecule is COc1cc2c(=O)n(CC(N)=S)ccc2c(OC)c1OC. The summed E-state index contributed by atoms with van der Waals surface area (Å²) in [6.07, 6.45) is 1.62. The highest BCUT2D eigenvalue weighted by atomic mass is 32.1. The number of rotatable bonds is 5. The first-order valence-corrected chi connectivity index (χ1v) is 6.54. The van der Waals surface area contributed by atoms with E-state index < -0.39 is 0 Å². The molecule has 1 aromatic heterocycles. The molecule has 0 atom stereocenters. The van der Waals surface area contributed by atoms with E-state index in [-0.39, 0.29) is 17.1 Å². The molecule has 2 rings (SSSR count). The van der Waals surface area contributed by atoms with Crippen molar-refractivity contribution in [1.82, 2.24) is 4.57 Å². The molecule has 7 heteroatoms. The second-order valence-electron chi connectivity index (χ2n) is 4.32. The van der Waals surface area contributed by atoms with Crippen LogP contribution in [0.1, 0.15) is 0 Å². The number of ether oxygens (including phenoxy) is 3. The smallest absolute Gasteiger partial charge is 0.259 e. The zero-order valence-corrected chi connectivity index (χ0v) is 12.8. The maximum absolute atomic E-state index is 12.5. The number of nitrogens with zero attached hydrogens (tertiary/aromatic N) is 1. The van der Waals surface area contributed by atoms with E-state index in [2.05, 4.69) is 0 Å². The lowest BCUT2D eigenvalue weighted by atomic mass is 10.1. The third kappa shape index (κ3) is 2.64. The van der Waals surface area contributed by atoms with Crippen LogP contribution in [-0.2, 0) is 6.54 Å². The van der Waals surface area contributed by atoms with Gasteiger partial charge in [0.1, 0.15) is 0 Å². The zero-order chi connectivity index (χ0) is 15.6. The Labute approximate surface area is 127 Å². The minimum absolute atomic E-state index is 0.181. The van der Waals surface area contributed by atoms with E-state index in [0.717, 1.165) is 0 Å². The van der Waals surface area contributed by atoms with Gasteiger partial charge in [0.2, 0.25) is 5.75 Å². The predicted octanol–water partition coefficient (Wildman–Crippen LogP) is 1.31. The van der Waals surface area contributed by atoms with Gasteiger partial charge < -0.3 is 24.5 Å². The maximum atomic E-state index is 12.5. The van der Waals surface area contributed by atoms with Gasteiger partial charge in [0.05, 0.1) is 38.2 Å². The highest BCUT2D eigenvalue weighted by Gasteiger charge is 2.18. The summed E-state index contributed by atoms with van der Waals surface area (Å²) >= 11 is 4.85. The monoisotopic (exact) mass is 308 g/mol. The van der Waals surface area contributed by atoms with Gasteiger partial charge in [-0.3, -0.25) is 4.79 Å². The Morgan fingerprint density at radius 1 is 1.19 bits per heavy atom. The fourth-order valence-electron chi connectivity index (χ4n) is 2.20. The first kappa shape index (κ1) is 15.1. The van der Waals surface area contributed by atoms with Crippen molar-refractivity contribution in [2.75, 3.05) is 21.3 Å². The van der Waals surface area contributed by atoms with Crippen LogP contribution in [0, 0.1) is 0 Å². The zero-order valence-electron chi connectivity index (χ0n) is 12.0. The second kappa shape index (κ2) is 6.01. The molecule has 0 amide bonds. The van der Waals surface area contributed by atoms with Gasteiger partial charge in [-0.1, -0.05) is 12.2 Å². The third-order valence-corrected chi connectivity index (χ3v) is 3.24. The van der Waals surface area contributed by atoms with Crippen LogP contribution in [0.3, 0.4) is 0 Å². The molecule has 0 aliphatic carbocycles. The maximum Gasteiger partial charge on any atom is 0.259 e. The Bertz CT molecular complexity index is 755. The molecular formula is C14H16N2O4S. The molecule has 0 fully saturated rings. The van der Waals surface area contributed by atoms with Crippen LogP contribution >= 0.6 is 12.2 Å². The summed E-state index contributed by atoms with van der Waals surface area (Å²) in [4.78, 5) is 12.7. The second-order valence-corrected chi connectivity index (χ2v) is 4.85. The molecule has 1 heterocycles. The number of hydrogen-bond donors (Lipinski definition) is 1. The number of benzene rings is 1. The summed E-state index contributed by atoms with van der Waals surface area (Å²) in [6.45, 7) is 0.181. The van der Waals surface area contributed by atoms with Crippen molar-refractivity contribution in [2.24, 2.45) is 5.73 Å². The molecule has 1 aromatic carbocycles. The predicted molar refractivity (Wildman–Crippen MR) is 84.6 cm³/mol. The van der Waals surface area contributed by atoms with E-state index in [4.69, 9.17) is 32.2 Å². The van der Waals surface area contributed by atoms with Crippen LogP contribution in [0.2, 0.25) is 0 Å². The molecule has 6 nitrogen and oxygen atoms in total. The molecule has 0 aliphatic heterocycles. The number of methoxy groups -OCH3 is 3. The Morgan fingerprint density at radius 3 is 2.38 bits per heavy atom. The van der Waals surface area contributed by atoms with Crippen LogP contribution in [-0.4, -0.2) is 30.9 Å². The summed E-state index contributed by atoms with van der Waals surface area (Å²) < 4.78 is 17.4. The van der Waals surface area contributed by atoms with Gasteiger partial charge in [-0.05, 0) is 12.1 Å². The van der Waals surface area contributed by atoms with E-state index in [1.165, 1.54) is 25.9 Å². The Kier molecular flexibility index (Phi) is 4.32. The molecule has 0 saturated carbocycles. The van der Waals surface area contributed by atoms with Crippen LogP contribution in [0.5, 0.6) is 17.2 Å². The summed E-state index contributed by atoms with van der Waals surface area (Å²) in [7, 11) is 4.52. The lowest BCUT2D eigenvalue weighted by molar-refractivity contribution is 0.327. The molecule has 112 valence electrons. The third-order valence-electron chi connectivity index (χ3n) is 3.11. The van der Waals surface area contributed by atoms with Crippen molar-refractivity contribution in [3.8, 4) is 17.2 Å². The number of aromatic nitrogens is 1. The van der Waals surface area contributed by atoms with Gasteiger partial charge in [-0.15, -0.1) is 0 Å². The molecule has 0 radical (unpaired) electrons. The number of nitrogens with two attached hydrogens (primary N) is 1. The van der Waals surface area contributed by atoms with Gasteiger partial charge in [0.25, 0.3) is 5.56 Å². The molecule has 2 N–H and O–H groups in total. The summed E-state index contributed by atoms with van der Waals surface area (Å²) in [5.41, 5.74) is 5.27. The Morgan fingerprint density at radius 2 is 1.86 bits per heavy atom. The average molecular weight is 308 g/mol. The quantitative estimate of drug-likeness (QED) is 0.840. The van der Waals surface area contributed by atoms with Gasteiger partial charge >= 0.3 is 0 Å². The van der Waals surface area contributed by atoms with Crippen LogP contribution < -0.4 is 25.5 Å². The van der Waals surface area contributed by atoms with Gasteiger partial charge in [0, 0.05) is 11.6 Å². The van der Waals surface area contributed by atoms with E-state index in [1.54, 1.807) is 18.3 Å². The first-order valence-electron chi connectivity index (χ1n) is 6.13. The Hall–Kier alpha value is -2.28. The number of fused-ring (bicyclic) bond motifs is 1. The minimum Gasteiger partial charge on any atom is -0.493 e. The fraction of sp³-hybridized carbons (Fsp3) is 0.286. The number of hydrogen-bond acceptors (Lipinski definition) is 5. The molecule has 0 saturated heterocycles. The standard InChI is InChI=1S/C14H16N2O4S/c1-18-10-6-9-8(12(19-2)13(10)20-3)4-5-16(14(9)17)7-11(15)21/h4-6H,7H2,1-3H3,(H2,15,21). The van der Waals surface area contributed by atoms with Crippen LogP contribution in [0.15, 0.2) is 23.1 Å². The molecule has 21 heavy (non-hydrogen) atoms. The average Bonchev–Trinajstić information content (AvgIpc) is 2.47. The van der Waals surface area contributed by atoms with Gasteiger partial charge in [-0.2, -0.15) is 0 Å². The largest absolute Gasteiger partial charge is 0.493 e. The highest BCUT2D eigenvalue weighted by molar-refractivity contribution is 7.80. The number of thiocarbonyl (C=S) groups is 1. The van der Waals surface area contributed by atoms with E-state index in [0.29, 0.717) is 28.0 Å². The van der Waals surface area contributed by atoms with E-state index in [1.807, 2.05) is 0 Å². The van der Waals surface area contributed by atoms with Crippen molar-refractivity contribution >= 4 is 28.0 Å². The summed E-state index contributed by atoms with van der Waals surface area (Å²) in [5.74, 6) is 1.32. The summed E-state index contributed by atoms with van der Waals surface area (Å²) in [6, 6.07) is 3.38. The molecule has 0 unspecified atom stereocenters. The van der Waals surface area contributed by atoms with E-state index in [9.17, 15) is 4.79 Å². The van der Waals surface area contributed by atoms with Crippen molar-refractivity contribution in [3.05, 3.63) is 28.7 Å². The molecule has 0 bridgehead atoms.